The van der Waals surface area contributed by atoms with Gasteiger partial charge in [-0.2, -0.15) is 0 Å². The quantitative estimate of drug-likeness (QED) is 0.659. The molecule has 0 radical (unpaired) electrons. The Kier molecular flexibility index (Phi) is 2.95. The Balaban J connectivity index is 2.40. The Bertz CT molecular complexity index is 172. The highest BCUT2D eigenvalue weighted by Crippen LogP contribution is 2.12. The number of carboxylic acids is 1. The van der Waals surface area contributed by atoms with Gasteiger partial charge in [0, 0.05) is 0 Å². The minimum absolute atomic E-state index is 0.0278. The van der Waals surface area contributed by atoms with E-state index in [1.54, 1.807) is 0 Å². The largest absolute Gasteiger partial charge is 0.498 e. The standard InChI is InChI=1S/C8H12O3/c9-8(10)6-7-4-2-1-3-5-11-7/h4H,1-3,5-6H2,(H,9,10). The number of carboxylic acid groups (broad SMARTS) is 1. The Hall–Kier alpha value is -0.990. The fraction of sp³-hybridized carbons (Fsp3) is 0.625. The molecule has 0 aliphatic carbocycles. The van der Waals surface area contributed by atoms with Gasteiger partial charge in [-0.05, 0) is 25.3 Å². The van der Waals surface area contributed by atoms with Gasteiger partial charge < -0.3 is 9.84 Å². The molecule has 0 saturated carbocycles. The van der Waals surface area contributed by atoms with Crippen LogP contribution in [0, 0.1) is 0 Å². The van der Waals surface area contributed by atoms with Gasteiger partial charge in [-0.3, -0.25) is 4.79 Å². The molecule has 0 unspecified atom stereocenters. The maximum absolute atomic E-state index is 10.3. The average molecular weight is 156 g/mol. The van der Waals surface area contributed by atoms with Crippen LogP contribution in [0.25, 0.3) is 0 Å². The molecule has 1 aliphatic rings. The first-order valence-corrected chi connectivity index (χ1v) is 3.82. The Morgan fingerprint density at radius 1 is 1.64 bits per heavy atom. The highest BCUT2D eigenvalue weighted by Gasteiger charge is 2.06. The smallest absolute Gasteiger partial charge is 0.311 e. The lowest BCUT2D eigenvalue weighted by molar-refractivity contribution is -0.136. The van der Waals surface area contributed by atoms with E-state index in [9.17, 15) is 4.79 Å². The van der Waals surface area contributed by atoms with E-state index in [4.69, 9.17) is 9.84 Å². The predicted molar refractivity (Wildman–Crippen MR) is 40.1 cm³/mol. The summed E-state index contributed by atoms with van der Waals surface area (Å²) in [4.78, 5) is 10.3. The van der Waals surface area contributed by atoms with Gasteiger partial charge in [0.05, 0.1) is 6.61 Å². The lowest BCUT2D eigenvalue weighted by Crippen LogP contribution is -2.00. The van der Waals surface area contributed by atoms with Crippen LogP contribution in [-0.2, 0) is 9.53 Å². The molecule has 0 aromatic heterocycles. The van der Waals surface area contributed by atoms with Gasteiger partial charge in [-0.15, -0.1) is 0 Å². The third kappa shape index (κ3) is 3.07. The van der Waals surface area contributed by atoms with Crippen molar-refractivity contribution in [3.05, 3.63) is 11.8 Å². The van der Waals surface area contributed by atoms with Gasteiger partial charge in [0.15, 0.2) is 0 Å². The van der Waals surface area contributed by atoms with Crippen LogP contribution >= 0.6 is 0 Å². The molecule has 0 atom stereocenters. The Labute approximate surface area is 65.7 Å². The van der Waals surface area contributed by atoms with Crippen molar-refractivity contribution in [2.24, 2.45) is 0 Å². The Morgan fingerprint density at radius 2 is 2.45 bits per heavy atom. The van der Waals surface area contributed by atoms with Crippen molar-refractivity contribution in [1.82, 2.24) is 0 Å². The van der Waals surface area contributed by atoms with Crippen molar-refractivity contribution < 1.29 is 14.6 Å². The maximum Gasteiger partial charge on any atom is 0.311 e. The molecule has 0 fully saturated rings. The summed E-state index contributed by atoms with van der Waals surface area (Å²) in [5, 5.41) is 8.44. The van der Waals surface area contributed by atoms with Gasteiger partial charge in [0.2, 0.25) is 0 Å². The van der Waals surface area contributed by atoms with Crippen LogP contribution in [0.5, 0.6) is 0 Å². The summed E-state index contributed by atoms with van der Waals surface area (Å²) in [6.45, 7) is 0.666. The van der Waals surface area contributed by atoms with Crippen LogP contribution in [0.2, 0.25) is 0 Å². The minimum atomic E-state index is -0.821. The summed E-state index contributed by atoms with van der Waals surface area (Å²) in [6, 6.07) is 0. The topological polar surface area (TPSA) is 46.5 Å². The van der Waals surface area contributed by atoms with Gasteiger partial charge in [0.1, 0.15) is 12.2 Å². The lowest BCUT2D eigenvalue weighted by atomic mass is 10.2. The number of carbonyl (C=O) groups is 1. The van der Waals surface area contributed by atoms with Crippen molar-refractivity contribution in [2.75, 3.05) is 6.61 Å². The van der Waals surface area contributed by atoms with Crippen LogP contribution in [0.15, 0.2) is 11.8 Å². The second-order valence-electron chi connectivity index (χ2n) is 2.59. The molecule has 0 aromatic rings. The molecule has 0 saturated heterocycles. The molecule has 1 rings (SSSR count). The third-order valence-corrected chi connectivity index (χ3v) is 1.58. The molecule has 0 aromatic carbocycles. The van der Waals surface area contributed by atoms with Gasteiger partial charge >= 0.3 is 5.97 Å². The summed E-state index contributed by atoms with van der Waals surface area (Å²) >= 11 is 0. The van der Waals surface area contributed by atoms with Crippen LogP contribution in [0.3, 0.4) is 0 Å². The molecule has 1 aliphatic heterocycles. The second kappa shape index (κ2) is 4.01. The molecule has 62 valence electrons. The molecular formula is C8H12O3. The number of hydrogen-bond acceptors (Lipinski definition) is 2. The van der Waals surface area contributed by atoms with Crippen molar-refractivity contribution in [3.8, 4) is 0 Å². The molecule has 0 bridgehead atoms. The van der Waals surface area contributed by atoms with Crippen LogP contribution < -0.4 is 0 Å². The maximum atomic E-state index is 10.3. The zero-order valence-electron chi connectivity index (χ0n) is 6.38. The first kappa shape index (κ1) is 8.11. The van der Waals surface area contributed by atoms with Crippen LogP contribution in [-0.4, -0.2) is 17.7 Å². The fourth-order valence-electron chi connectivity index (χ4n) is 1.04. The normalized spacial score (nSPS) is 18.0. The van der Waals surface area contributed by atoms with Gasteiger partial charge in [0.25, 0.3) is 0 Å². The molecule has 0 spiro atoms. The summed E-state index contributed by atoms with van der Waals surface area (Å²) in [5.74, 6) is -0.201. The van der Waals surface area contributed by atoms with E-state index >= 15 is 0 Å². The van der Waals surface area contributed by atoms with Crippen molar-refractivity contribution >= 4 is 5.97 Å². The van der Waals surface area contributed by atoms with Crippen LogP contribution in [0.1, 0.15) is 25.7 Å². The van der Waals surface area contributed by atoms with Crippen molar-refractivity contribution in [3.63, 3.8) is 0 Å². The number of hydrogen-bond donors (Lipinski definition) is 1. The highest BCUT2D eigenvalue weighted by molar-refractivity contribution is 5.69. The van der Waals surface area contributed by atoms with Gasteiger partial charge in [-0.25, -0.2) is 0 Å². The first-order chi connectivity index (χ1) is 5.29. The molecular weight excluding hydrogens is 144 g/mol. The number of ether oxygens (including phenoxy) is 1. The summed E-state index contributed by atoms with van der Waals surface area (Å²) in [7, 11) is 0. The van der Waals surface area contributed by atoms with Crippen LogP contribution in [0.4, 0.5) is 0 Å². The SMILES string of the molecule is O=C(O)CC1=CCCCCO1. The van der Waals surface area contributed by atoms with E-state index in [2.05, 4.69) is 0 Å². The summed E-state index contributed by atoms with van der Waals surface area (Å²) in [5.41, 5.74) is 0. The molecule has 1 N–H and O–H groups in total. The number of aliphatic carboxylic acids is 1. The number of rotatable bonds is 2. The van der Waals surface area contributed by atoms with E-state index in [-0.39, 0.29) is 6.42 Å². The second-order valence-corrected chi connectivity index (χ2v) is 2.59. The van der Waals surface area contributed by atoms with Crippen molar-refractivity contribution in [1.29, 1.82) is 0 Å². The van der Waals surface area contributed by atoms with E-state index in [0.29, 0.717) is 12.4 Å². The van der Waals surface area contributed by atoms with E-state index in [1.807, 2.05) is 6.08 Å². The van der Waals surface area contributed by atoms with E-state index in [1.165, 1.54) is 0 Å². The highest BCUT2D eigenvalue weighted by atomic mass is 16.5. The van der Waals surface area contributed by atoms with Gasteiger partial charge in [-0.1, -0.05) is 0 Å². The summed E-state index contributed by atoms with van der Waals surface area (Å²) < 4.78 is 5.19. The minimum Gasteiger partial charge on any atom is -0.498 e. The molecule has 0 amide bonds. The fourth-order valence-corrected chi connectivity index (χ4v) is 1.04. The zero-order chi connectivity index (χ0) is 8.10. The summed E-state index contributed by atoms with van der Waals surface area (Å²) in [6.07, 6.45) is 4.98. The Morgan fingerprint density at radius 3 is 3.18 bits per heavy atom. The zero-order valence-corrected chi connectivity index (χ0v) is 6.38. The lowest BCUT2D eigenvalue weighted by Gasteiger charge is -2.03. The monoisotopic (exact) mass is 156 g/mol. The molecule has 3 nitrogen and oxygen atoms in total. The van der Waals surface area contributed by atoms with Crippen molar-refractivity contribution in [2.45, 2.75) is 25.7 Å². The third-order valence-electron chi connectivity index (χ3n) is 1.58. The van der Waals surface area contributed by atoms with E-state index in [0.717, 1.165) is 19.3 Å². The molecule has 3 heteroatoms. The predicted octanol–water partition coefficient (Wildman–Crippen LogP) is 1.55. The molecule has 11 heavy (non-hydrogen) atoms. The first-order valence-electron chi connectivity index (χ1n) is 3.82. The number of allylic oxidation sites excluding steroid dienone is 1. The molecule has 1 heterocycles. The van der Waals surface area contributed by atoms with E-state index < -0.39 is 5.97 Å². The average Bonchev–Trinajstić information content (AvgIpc) is 2.14.